The fourth-order valence-electron chi connectivity index (χ4n) is 5.41. The molecule has 23 heavy (non-hydrogen) atoms. The predicted molar refractivity (Wildman–Crippen MR) is 103 cm³/mol. The number of anilines is 1. The van der Waals surface area contributed by atoms with E-state index in [-0.39, 0.29) is 24.8 Å². The van der Waals surface area contributed by atoms with E-state index in [9.17, 15) is 0 Å². The molecule has 1 aromatic carbocycles. The summed E-state index contributed by atoms with van der Waals surface area (Å²) in [5.74, 6) is 4.10. The van der Waals surface area contributed by atoms with Crippen LogP contribution >= 0.6 is 24.8 Å². The summed E-state index contributed by atoms with van der Waals surface area (Å²) in [4.78, 5) is 2.16. The Bertz CT molecular complexity index is 473. The van der Waals surface area contributed by atoms with E-state index in [2.05, 4.69) is 48.6 Å². The van der Waals surface area contributed by atoms with Gasteiger partial charge in [-0.25, -0.2) is 0 Å². The lowest BCUT2D eigenvalue weighted by atomic mass is 9.54. The molecule has 4 saturated carbocycles. The van der Waals surface area contributed by atoms with Crippen LogP contribution in [0.4, 0.5) is 5.69 Å². The largest absolute Gasteiger partial charge is 0.378 e. The highest BCUT2D eigenvalue weighted by Gasteiger charge is 2.47. The Hall–Kier alpha value is -0.440. The number of hydrogen-bond acceptors (Lipinski definition) is 2. The maximum Gasteiger partial charge on any atom is 0.0361 e. The van der Waals surface area contributed by atoms with Crippen molar-refractivity contribution in [1.29, 1.82) is 0 Å². The Morgan fingerprint density at radius 2 is 1.39 bits per heavy atom. The van der Waals surface area contributed by atoms with Crippen LogP contribution in [0.15, 0.2) is 24.3 Å². The molecule has 0 heterocycles. The van der Waals surface area contributed by atoms with E-state index in [0.29, 0.717) is 0 Å². The SMILES string of the molecule is CN(C)c1ccc(CNC2C3CC4CC(C3)CC2C4)cc1.Cl.Cl. The maximum absolute atomic E-state index is 3.92. The number of benzene rings is 1. The second-order valence-corrected chi connectivity index (χ2v) is 7.90. The molecule has 4 aliphatic carbocycles. The summed E-state index contributed by atoms with van der Waals surface area (Å²) in [6.45, 7) is 1.04. The highest BCUT2D eigenvalue weighted by Crippen LogP contribution is 2.53. The third kappa shape index (κ3) is 3.81. The molecule has 1 N–H and O–H groups in total. The Labute approximate surface area is 153 Å². The van der Waals surface area contributed by atoms with Crippen molar-refractivity contribution in [2.45, 2.75) is 44.7 Å². The Morgan fingerprint density at radius 3 is 1.87 bits per heavy atom. The lowest BCUT2D eigenvalue weighted by molar-refractivity contribution is -0.0142. The maximum atomic E-state index is 3.92. The summed E-state index contributed by atoms with van der Waals surface area (Å²) in [6.07, 6.45) is 7.56. The van der Waals surface area contributed by atoms with Gasteiger partial charge in [0, 0.05) is 32.4 Å². The molecule has 4 fully saturated rings. The number of hydrogen-bond donors (Lipinski definition) is 1. The third-order valence-electron chi connectivity index (χ3n) is 6.22. The van der Waals surface area contributed by atoms with E-state index in [4.69, 9.17) is 0 Å². The van der Waals surface area contributed by atoms with E-state index < -0.39 is 0 Å². The zero-order chi connectivity index (χ0) is 14.4. The molecule has 0 amide bonds. The quantitative estimate of drug-likeness (QED) is 0.853. The first-order chi connectivity index (χ1) is 10.2. The fraction of sp³-hybridized carbons (Fsp3) is 0.684. The molecule has 130 valence electrons. The minimum atomic E-state index is 0. The predicted octanol–water partition coefficient (Wildman–Crippen LogP) is 4.51. The summed E-state index contributed by atoms with van der Waals surface area (Å²) in [5, 5.41) is 3.92. The van der Waals surface area contributed by atoms with Gasteiger partial charge in [0.05, 0.1) is 0 Å². The molecular formula is C19H30Cl2N2. The molecule has 4 aliphatic rings. The summed E-state index contributed by atoms with van der Waals surface area (Å²) in [6, 6.07) is 9.81. The molecule has 4 bridgehead atoms. The molecule has 0 unspecified atom stereocenters. The fourth-order valence-corrected chi connectivity index (χ4v) is 5.41. The van der Waals surface area contributed by atoms with Gasteiger partial charge in [-0.05, 0) is 73.5 Å². The second kappa shape index (κ2) is 7.63. The molecular weight excluding hydrogens is 327 g/mol. The molecule has 0 aromatic heterocycles. The first-order valence-corrected chi connectivity index (χ1v) is 8.68. The molecule has 4 heteroatoms. The summed E-state index contributed by atoms with van der Waals surface area (Å²) in [7, 11) is 4.20. The van der Waals surface area contributed by atoms with Crippen LogP contribution in [0.5, 0.6) is 0 Å². The van der Waals surface area contributed by atoms with Crippen molar-refractivity contribution in [1.82, 2.24) is 5.32 Å². The van der Waals surface area contributed by atoms with Crippen molar-refractivity contribution in [2.75, 3.05) is 19.0 Å². The Kier molecular flexibility index (Phi) is 6.27. The van der Waals surface area contributed by atoms with Crippen LogP contribution in [0.3, 0.4) is 0 Å². The molecule has 0 atom stereocenters. The first-order valence-electron chi connectivity index (χ1n) is 8.68. The number of nitrogens with one attached hydrogen (secondary N) is 1. The molecule has 0 aliphatic heterocycles. The van der Waals surface area contributed by atoms with E-state index in [1.54, 1.807) is 6.42 Å². The molecule has 2 nitrogen and oxygen atoms in total. The van der Waals surface area contributed by atoms with Crippen molar-refractivity contribution in [3.63, 3.8) is 0 Å². The van der Waals surface area contributed by atoms with Gasteiger partial charge in [-0.2, -0.15) is 0 Å². The van der Waals surface area contributed by atoms with Gasteiger partial charge in [0.1, 0.15) is 0 Å². The van der Waals surface area contributed by atoms with Gasteiger partial charge in [-0.3, -0.25) is 0 Å². The molecule has 1 aromatic rings. The Morgan fingerprint density at radius 1 is 0.870 bits per heavy atom. The molecule has 0 radical (unpaired) electrons. The minimum Gasteiger partial charge on any atom is -0.378 e. The summed E-state index contributed by atoms with van der Waals surface area (Å²) in [5.41, 5.74) is 2.71. The van der Waals surface area contributed by atoms with Crippen molar-refractivity contribution >= 4 is 30.5 Å². The third-order valence-corrected chi connectivity index (χ3v) is 6.22. The highest BCUT2D eigenvalue weighted by atomic mass is 35.5. The molecule has 0 spiro atoms. The van der Waals surface area contributed by atoms with Crippen LogP contribution in [-0.4, -0.2) is 20.1 Å². The Balaban J connectivity index is 0.000000960. The van der Waals surface area contributed by atoms with Crippen molar-refractivity contribution < 1.29 is 0 Å². The topological polar surface area (TPSA) is 15.3 Å². The minimum absolute atomic E-state index is 0. The average molecular weight is 357 g/mol. The molecule has 0 saturated heterocycles. The van der Waals surface area contributed by atoms with Crippen LogP contribution in [0.1, 0.15) is 37.7 Å². The molecule has 5 rings (SSSR count). The summed E-state index contributed by atoms with van der Waals surface area (Å²) >= 11 is 0. The zero-order valence-electron chi connectivity index (χ0n) is 14.2. The van der Waals surface area contributed by atoms with Gasteiger partial charge in [0.25, 0.3) is 0 Å². The lowest BCUT2D eigenvalue weighted by Gasteiger charge is -2.54. The summed E-state index contributed by atoms with van der Waals surface area (Å²) < 4.78 is 0. The lowest BCUT2D eigenvalue weighted by Crippen LogP contribution is -2.54. The van der Waals surface area contributed by atoms with E-state index in [1.165, 1.54) is 36.9 Å². The second-order valence-electron chi connectivity index (χ2n) is 7.90. The van der Waals surface area contributed by atoms with Gasteiger partial charge in [0.2, 0.25) is 0 Å². The monoisotopic (exact) mass is 356 g/mol. The average Bonchev–Trinajstić information content (AvgIpc) is 2.46. The number of halogens is 2. The zero-order valence-corrected chi connectivity index (χ0v) is 15.8. The first kappa shape index (κ1) is 18.9. The number of rotatable bonds is 4. The van der Waals surface area contributed by atoms with Gasteiger partial charge in [-0.1, -0.05) is 12.1 Å². The van der Waals surface area contributed by atoms with Crippen LogP contribution in [0.25, 0.3) is 0 Å². The van der Waals surface area contributed by atoms with Crippen LogP contribution in [0.2, 0.25) is 0 Å². The van der Waals surface area contributed by atoms with E-state index >= 15 is 0 Å². The van der Waals surface area contributed by atoms with Crippen molar-refractivity contribution in [2.24, 2.45) is 23.7 Å². The van der Waals surface area contributed by atoms with Gasteiger partial charge < -0.3 is 10.2 Å². The highest BCUT2D eigenvalue weighted by molar-refractivity contribution is 5.85. The van der Waals surface area contributed by atoms with Gasteiger partial charge in [-0.15, -0.1) is 24.8 Å². The van der Waals surface area contributed by atoms with Crippen LogP contribution in [0, 0.1) is 23.7 Å². The van der Waals surface area contributed by atoms with Gasteiger partial charge in [0.15, 0.2) is 0 Å². The van der Waals surface area contributed by atoms with E-state index in [1.807, 2.05) is 0 Å². The number of nitrogens with zero attached hydrogens (tertiary/aromatic N) is 1. The van der Waals surface area contributed by atoms with E-state index in [0.717, 1.165) is 36.3 Å². The smallest absolute Gasteiger partial charge is 0.0361 e. The van der Waals surface area contributed by atoms with Crippen LogP contribution in [-0.2, 0) is 6.54 Å². The van der Waals surface area contributed by atoms with Crippen LogP contribution < -0.4 is 10.2 Å². The van der Waals surface area contributed by atoms with Gasteiger partial charge >= 0.3 is 0 Å². The van der Waals surface area contributed by atoms with Crippen molar-refractivity contribution in [3.8, 4) is 0 Å². The standard InChI is InChI=1S/C19H28N2.2ClH/c1-21(2)18-5-3-13(4-6-18)12-20-19-16-8-14-7-15(10-16)11-17(19)9-14;;/h3-6,14-17,19-20H,7-12H2,1-2H3;2*1H. The van der Waals surface area contributed by atoms with Crippen molar-refractivity contribution in [3.05, 3.63) is 29.8 Å². The normalized spacial score (nSPS) is 33.7.